The summed E-state index contributed by atoms with van der Waals surface area (Å²) in [5, 5.41) is 5.74. The monoisotopic (exact) mass is 517 g/mol. The lowest BCUT2D eigenvalue weighted by molar-refractivity contribution is 0.575. The van der Waals surface area contributed by atoms with Gasteiger partial charge in [-0.3, -0.25) is 0 Å². The highest BCUT2D eigenvalue weighted by Crippen LogP contribution is 2.37. The van der Waals surface area contributed by atoms with Crippen LogP contribution in [0.5, 0.6) is 0 Å². The zero-order chi connectivity index (χ0) is 25.7. The molecule has 0 saturated carbocycles. The molecule has 2 nitrogen and oxygen atoms in total. The van der Waals surface area contributed by atoms with E-state index < -0.39 is 8.07 Å². The van der Waals surface area contributed by atoms with Crippen molar-refractivity contribution in [2.75, 3.05) is 4.90 Å². The van der Waals surface area contributed by atoms with Gasteiger partial charge < -0.3 is 9.32 Å². The van der Waals surface area contributed by atoms with Gasteiger partial charge >= 0.3 is 0 Å². The average Bonchev–Trinajstić information content (AvgIpc) is 3.37. The number of hydrogen-bond donors (Lipinski definition) is 0. The molecule has 0 amide bonds. The van der Waals surface area contributed by atoms with Gasteiger partial charge in [-0.05, 0) is 77.0 Å². The average molecular weight is 518 g/mol. The minimum absolute atomic E-state index is 0.848. The van der Waals surface area contributed by atoms with Crippen molar-refractivity contribution in [3.8, 4) is 11.1 Å². The first-order valence-electron chi connectivity index (χ1n) is 12.5. The Morgan fingerprint density at radius 1 is 0.865 bits per heavy atom. The number of halogens is 1. The van der Waals surface area contributed by atoms with Crippen LogP contribution < -0.4 is 25.9 Å². The molecule has 0 N–H and O–H groups in total. The first-order valence-corrected chi connectivity index (χ1v) is 15.9. The Kier molecular flexibility index (Phi) is 5.71. The van der Waals surface area contributed by atoms with Crippen LogP contribution in [0.1, 0.15) is 6.92 Å². The molecule has 4 heteroatoms. The molecule has 0 spiro atoms. The summed E-state index contributed by atoms with van der Waals surface area (Å²) in [5.74, 6) is 0. The number of para-hydroxylation sites is 2. The molecular weight excluding hydrogens is 490 g/mol. The summed E-state index contributed by atoms with van der Waals surface area (Å²) in [6.45, 7) is 11.3. The molecule has 0 radical (unpaired) electrons. The van der Waals surface area contributed by atoms with Gasteiger partial charge in [-0.15, -0.1) is 0 Å². The highest BCUT2D eigenvalue weighted by atomic mass is 35.5. The fraction of sp³-hybridized carbons (Fsp3) is 0.0909. The number of rotatable bonds is 4. The number of nitrogens with zero attached hydrogens (tertiary/aromatic N) is 1. The van der Waals surface area contributed by atoms with Crippen molar-refractivity contribution in [3.05, 3.63) is 119 Å². The molecule has 0 saturated heterocycles. The highest BCUT2D eigenvalue weighted by molar-refractivity contribution is 7.04. The lowest BCUT2D eigenvalue weighted by atomic mass is 10.0. The second kappa shape index (κ2) is 8.95. The Morgan fingerprint density at radius 3 is 2.41 bits per heavy atom. The maximum Gasteiger partial charge on any atom is 0.135 e. The number of furan rings is 1. The summed E-state index contributed by atoms with van der Waals surface area (Å²) in [5.41, 5.74) is 7.24. The van der Waals surface area contributed by atoms with E-state index in [4.69, 9.17) is 16.0 Å². The predicted molar refractivity (Wildman–Crippen MR) is 161 cm³/mol. The number of allylic oxidation sites excluding steroid dienone is 1. The van der Waals surface area contributed by atoms with Gasteiger partial charge in [-0.2, -0.15) is 0 Å². The predicted octanol–water partition coefficient (Wildman–Crippen LogP) is 6.82. The molecule has 0 atom stereocenters. The van der Waals surface area contributed by atoms with Crippen LogP contribution in [-0.4, -0.2) is 8.07 Å². The first kappa shape index (κ1) is 23.6. The molecule has 1 aliphatic rings. The van der Waals surface area contributed by atoms with Crippen LogP contribution >= 0.6 is 11.6 Å². The van der Waals surface area contributed by atoms with Crippen molar-refractivity contribution in [1.82, 2.24) is 0 Å². The SMILES string of the molecule is C=C(/C=c1\c(=C/C)oc2ccccc12)N(c1ccccc1)c1ccc2c(c1)-c1cccc(Cl)c1[Si]2(C)C. The van der Waals surface area contributed by atoms with E-state index in [0.29, 0.717) is 0 Å². The van der Waals surface area contributed by atoms with E-state index in [9.17, 15) is 0 Å². The second-order valence-electron chi connectivity index (χ2n) is 9.99. The van der Waals surface area contributed by atoms with E-state index in [-0.39, 0.29) is 0 Å². The maximum atomic E-state index is 6.74. The first-order chi connectivity index (χ1) is 17.9. The lowest BCUT2D eigenvalue weighted by Crippen LogP contribution is -2.49. The fourth-order valence-corrected chi connectivity index (χ4v) is 9.80. The Labute approximate surface area is 223 Å². The van der Waals surface area contributed by atoms with Crippen molar-refractivity contribution in [3.63, 3.8) is 0 Å². The molecule has 0 bridgehead atoms. The number of anilines is 2. The normalized spacial score (nSPS) is 14.6. The van der Waals surface area contributed by atoms with E-state index in [1.165, 1.54) is 21.5 Å². The maximum absolute atomic E-state index is 6.74. The third-order valence-corrected chi connectivity index (χ3v) is 11.4. The van der Waals surface area contributed by atoms with Gasteiger partial charge in [0.1, 0.15) is 19.1 Å². The van der Waals surface area contributed by atoms with E-state index in [1.807, 2.05) is 43.3 Å². The number of benzene rings is 4. The standard InChI is InChI=1S/C33H28ClNOSi/c1-5-30-27(25-14-9-10-17-31(25)36-30)20-22(2)35(23-12-7-6-8-13-23)24-18-19-32-28(21-24)26-15-11-16-29(34)33(26)37(32,3)4/h5-21H,2H2,1,3-4H3/b27-20-,30-5+. The zero-order valence-electron chi connectivity index (χ0n) is 21.3. The Balaban J connectivity index is 1.56. The van der Waals surface area contributed by atoms with E-state index in [2.05, 4.69) is 91.3 Å². The van der Waals surface area contributed by atoms with Crippen molar-refractivity contribution < 1.29 is 4.42 Å². The van der Waals surface area contributed by atoms with Crippen LogP contribution in [0.3, 0.4) is 0 Å². The molecule has 0 unspecified atom stereocenters. The van der Waals surface area contributed by atoms with Crippen molar-refractivity contribution >= 4 is 64.5 Å². The van der Waals surface area contributed by atoms with Crippen LogP contribution in [0.4, 0.5) is 11.4 Å². The summed E-state index contributed by atoms with van der Waals surface area (Å²) < 4.78 is 6.12. The number of fused-ring (bicyclic) bond motifs is 4. The topological polar surface area (TPSA) is 16.4 Å². The molecule has 0 aliphatic carbocycles. The Hall–Kier alpha value is -3.79. The molecule has 2 heterocycles. The minimum atomic E-state index is -1.88. The number of hydrogen-bond acceptors (Lipinski definition) is 2. The summed E-state index contributed by atoms with van der Waals surface area (Å²) in [6.07, 6.45) is 4.14. The van der Waals surface area contributed by atoms with Gasteiger partial charge in [0, 0.05) is 32.7 Å². The molecule has 182 valence electrons. The summed E-state index contributed by atoms with van der Waals surface area (Å²) in [7, 11) is -1.88. The third-order valence-electron chi connectivity index (χ3n) is 7.40. The Morgan fingerprint density at radius 2 is 1.62 bits per heavy atom. The second-order valence-corrected chi connectivity index (χ2v) is 14.7. The van der Waals surface area contributed by atoms with E-state index in [1.54, 1.807) is 0 Å². The zero-order valence-corrected chi connectivity index (χ0v) is 23.0. The van der Waals surface area contributed by atoms with E-state index >= 15 is 0 Å². The molecule has 37 heavy (non-hydrogen) atoms. The van der Waals surface area contributed by atoms with Crippen LogP contribution in [0.15, 0.2) is 108 Å². The van der Waals surface area contributed by atoms with E-state index in [0.717, 1.165) is 43.7 Å². The smallest absolute Gasteiger partial charge is 0.135 e. The quantitative estimate of drug-likeness (QED) is 0.243. The fourth-order valence-electron chi connectivity index (χ4n) is 5.69. The van der Waals surface area contributed by atoms with Crippen molar-refractivity contribution in [2.24, 2.45) is 0 Å². The van der Waals surface area contributed by atoms with Gasteiger partial charge in [0.15, 0.2) is 0 Å². The summed E-state index contributed by atoms with van der Waals surface area (Å²) in [6, 6.07) is 31.7. The van der Waals surface area contributed by atoms with Gasteiger partial charge in [0.2, 0.25) is 0 Å². The third kappa shape index (κ3) is 3.78. The minimum Gasteiger partial charge on any atom is -0.456 e. The molecule has 0 fully saturated rings. The van der Waals surface area contributed by atoms with Crippen LogP contribution in [0, 0.1) is 0 Å². The Bertz CT molecular complexity index is 1800. The van der Waals surface area contributed by atoms with Gasteiger partial charge in [-0.25, -0.2) is 0 Å². The summed E-state index contributed by atoms with van der Waals surface area (Å²) >= 11 is 6.74. The molecule has 1 aliphatic heterocycles. The van der Waals surface area contributed by atoms with Gasteiger partial charge in [0.05, 0.1) is 0 Å². The lowest BCUT2D eigenvalue weighted by Gasteiger charge is -2.27. The molecule has 5 aromatic rings. The van der Waals surface area contributed by atoms with Crippen molar-refractivity contribution in [1.29, 1.82) is 0 Å². The highest BCUT2D eigenvalue weighted by Gasteiger charge is 2.39. The molecule has 1 aromatic heterocycles. The van der Waals surface area contributed by atoms with Crippen LogP contribution in [-0.2, 0) is 0 Å². The summed E-state index contributed by atoms with van der Waals surface area (Å²) in [4.78, 5) is 2.22. The van der Waals surface area contributed by atoms with Crippen molar-refractivity contribution in [2.45, 2.75) is 20.0 Å². The van der Waals surface area contributed by atoms with Crippen LogP contribution in [0.2, 0.25) is 18.1 Å². The van der Waals surface area contributed by atoms with Gasteiger partial charge in [-0.1, -0.05) is 85.9 Å². The molecular formula is C33H28ClNOSi. The van der Waals surface area contributed by atoms with Gasteiger partial charge in [0.25, 0.3) is 0 Å². The largest absolute Gasteiger partial charge is 0.456 e. The molecule has 4 aromatic carbocycles. The van der Waals surface area contributed by atoms with Crippen LogP contribution in [0.25, 0.3) is 34.2 Å². The molecule has 6 rings (SSSR count).